The van der Waals surface area contributed by atoms with Gasteiger partial charge < -0.3 is 4.74 Å². The van der Waals surface area contributed by atoms with Crippen molar-refractivity contribution in [1.82, 2.24) is 0 Å². The van der Waals surface area contributed by atoms with Crippen molar-refractivity contribution in [1.29, 1.82) is 0 Å². The molecule has 2 heteroatoms. The highest BCUT2D eigenvalue weighted by Gasteiger charge is 2.65. The number of carbonyl (C=O) groups excluding carboxylic acids is 1. The second kappa shape index (κ2) is 4.12. The molecule has 112 valence electrons. The van der Waals surface area contributed by atoms with Crippen LogP contribution in [-0.4, -0.2) is 13.1 Å². The smallest absolute Gasteiger partial charge is 0.311 e. The Bertz CT molecular complexity index is 580. The number of hydrogen-bond donors (Lipinski definition) is 0. The van der Waals surface area contributed by atoms with E-state index in [4.69, 9.17) is 4.74 Å². The summed E-state index contributed by atoms with van der Waals surface area (Å²) in [4.78, 5) is 12.6. The fourth-order valence-corrected chi connectivity index (χ4v) is 6.48. The Hall–Kier alpha value is -1.31. The first-order chi connectivity index (χ1) is 9.99. The van der Waals surface area contributed by atoms with E-state index in [9.17, 15) is 4.79 Å². The molecule has 4 aliphatic carbocycles. The van der Waals surface area contributed by atoms with Gasteiger partial charge >= 0.3 is 5.97 Å². The number of methoxy groups -OCH3 is 1. The summed E-state index contributed by atoms with van der Waals surface area (Å²) in [6.07, 6.45) is 6.84. The van der Waals surface area contributed by atoms with E-state index in [2.05, 4.69) is 37.3 Å². The second-order valence-electron chi connectivity index (χ2n) is 8.24. The summed E-state index contributed by atoms with van der Waals surface area (Å²) in [6, 6.07) is 10.9. The molecule has 5 rings (SSSR count). The van der Waals surface area contributed by atoms with E-state index < -0.39 is 0 Å². The molecule has 0 heterocycles. The van der Waals surface area contributed by atoms with Gasteiger partial charge in [-0.1, -0.05) is 37.3 Å². The van der Waals surface area contributed by atoms with Gasteiger partial charge in [0.1, 0.15) is 0 Å². The van der Waals surface area contributed by atoms with E-state index in [0.29, 0.717) is 11.3 Å². The zero-order chi connectivity index (χ0) is 14.7. The van der Waals surface area contributed by atoms with Gasteiger partial charge in [0.25, 0.3) is 0 Å². The van der Waals surface area contributed by atoms with E-state index in [0.717, 1.165) is 19.3 Å². The first kappa shape index (κ1) is 13.4. The van der Waals surface area contributed by atoms with Gasteiger partial charge in [-0.3, -0.25) is 4.79 Å². The van der Waals surface area contributed by atoms with Gasteiger partial charge in [-0.2, -0.15) is 0 Å². The average Bonchev–Trinajstić information content (AvgIpc) is 2.45. The molecule has 0 N–H and O–H groups in total. The van der Waals surface area contributed by atoms with Crippen molar-refractivity contribution in [3.05, 3.63) is 35.9 Å². The summed E-state index contributed by atoms with van der Waals surface area (Å²) in [5.41, 5.74) is 1.72. The molecule has 0 aliphatic heterocycles. The third-order valence-corrected chi connectivity index (χ3v) is 6.35. The van der Waals surface area contributed by atoms with E-state index >= 15 is 0 Å². The summed E-state index contributed by atoms with van der Waals surface area (Å²) in [5, 5.41) is 0. The second-order valence-corrected chi connectivity index (χ2v) is 8.24. The predicted molar refractivity (Wildman–Crippen MR) is 81.9 cm³/mol. The molecule has 4 saturated carbocycles. The zero-order valence-corrected chi connectivity index (χ0v) is 13.0. The molecule has 2 nitrogen and oxygen atoms in total. The summed E-state index contributed by atoms with van der Waals surface area (Å²) in [7, 11) is 1.55. The zero-order valence-electron chi connectivity index (χ0n) is 13.0. The Morgan fingerprint density at radius 1 is 1.10 bits per heavy atom. The number of esters is 1. The third-order valence-electron chi connectivity index (χ3n) is 6.35. The lowest BCUT2D eigenvalue weighted by Gasteiger charge is -2.65. The van der Waals surface area contributed by atoms with Crippen LogP contribution in [0.1, 0.15) is 51.0 Å². The minimum atomic E-state index is -0.223. The molecule has 1 aromatic rings. The van der Waals surface area contributed by atoms with Crippen molar-refractivity contribution in [3.8, 4) is 0 Å². The standard InChI is InChI=1S/C19H24O2/c1-17-8-14-9-18(11-17,15-6-4-3-5-7-15)13-19(10-14,12-17)16(20)21-2/h3-7,14H,8-13H2,1-2H3/t14?,17-,18-,19?/m0/s1. The minimum Gasteiger partial charge on any atom is -0.469 e. The molecule has 0 aromatic heterocycles. The van der Waals surface area contributed by atoms with E-state index in [-0.39, 0.29) is 16.8 Å². The fraction of sp³-hybridized carbons (Fsp3) is 0.632. The highest BCUT2D eigenvalue weighted by Crippen LogP contribution is 2.70. The van der Waals surface area contributed by atoms with Crippen LogP contribution in [0.5, 0.6) is 0 Å². The van der Waals surface area contributed by atoms with Crippen molar-refractivity contribution < 1.29 is 9.53 Å². The Balaban J connectivity index is 1.82. The van der Waals surface area contributed by atoms with Crippen molar-refractivity contribution in [2.24, 2.45) is 16.7 Å². The molecule has 4 bridgehead atoms. The van der Waals surface area contributed by atoms with Crippen molar-refractivity contribution in [3.63, 3.8) is 0 Å². The molecule has 0 spiro atoms. The molecule has 0 radical (unpaired) electrons. The Labute approximate surface area is 126 Å². The molecule has 2 unspecified atom stereocenters. The molecule has 0 saturated heterocycles. The first-order valence-electron chi connectivity index (χ1n) is 8.13. The van der Waals surface area contributed by atoms with Gasteiger partial charge in [0.2, 0.25) is 0 Å². The van der Waals surface area contributed by atoms with Crippen molar-refractivity contribution in [2.75, 3.05) is 7.11 Å². The predicted octanol–water partition coefficient (Wildman–Crippen LogP) is 4.09. The van der Waals surface area contributed by atoms with E-state index in [1.165, 1.54) is 24.8 Å². The van der Waals surface area contributed by atoms with Crippen LogP contribution in [0.15, 0.2) is 30.3 Å². The molecular weight excluding hydrogens is 260 g/mol. The highest BCUT2D eigenvalue weighted by molar-refractivity contribution is 5.78. The third kappa shape index (κ3) is 1.81. The van der Waals surface area contributed by atoms with Gasteiger partial charge in [0, 0.05) is 0 Å². The van der Waals surface area contributed by atoms with Gasteiger partial charge in [0.15, 0.2) is 0 Å². The quantitative estimate of drug-likeness (QED) is 0.765. The van der Waals surface area contributed by atoms with Gasteiger partial charge in [-0.25, -0.2) is 0 Å². The average molecular weight is 284 g/mol. The van der Waals surface area contributed by atoms with E-state index in [1.54, 1.807) is 7.11 Å². The van der Waals surface area contributed by atoms with Crippen LogP contribution >= 0.6 is 0 Å². The Kier molecular flexibility index (Phi) is 2.62. The first-order valence-corrected chi connectivity index (χ1v) is 8.13. The van der Waals surface area contributed by atoms with Crippen LogP contribution in [0.2, 0.25) is 0 Å². The summed E-state index contributed by atoms with van der Waals surface area (Å²) >= 11 is 0. The number of carbonyl (C=O) groups is 1. The van der Waals surface area contributed by atoms with Crippen LogP contribution in [0.3, 0.4) is 0 Å². The number of ether oxygens (including phenoxy) is 1. The van der Waals surface area contributed by atoms with Crippen LogP contribution in [0.4, 0.5) is 0 Å². The van der Waals surface area contributed by atoms with Gasteiger partial charge in [-0.05, 0) is 60.8 Å². The molecular formula is C19H24O2. The summed E-state index contributed by atoms with van der Waals surface area (Å²) in [5.74, 6) is 0.726. The Morgan fingerprint density at radius 2 is 1.86 bits per heavy atom. The molecule has 4 aliphatic rings. The normalized spacial score (nSPS) is 43.8. The number of benzene rings is 1. The molecule has 4 fully saturated rings. The molecule has 4 atom stereocenters. The Morgan fingerprint density at radius 3 is 2.52 bits per heavy atom. The lowest BCUT2D eigenvalue weighted by Crippen LogP contribution is -2.60. The van der Waals surface area contributed by atoms with Crippen molar-refractivity contribution >= 4 is 5.97 Å². The largest absolute Gasteiger partial charge is 0.469 e. The summed E-state index contributed by atoms with van der Waals surface area (Å²) < 4.78 is 5.22. The minimum absolute atomic E-state index is 0.0399. The van der Waals surface area contributed by atoms with Crippen LogP contribution < -0.4 is 0 Å². The number of rotatable bonds is 2. The maximum Gasteiger partial charge on any atom is 0.311 e. The summed E-state index contributed by atoms with van der Waals surface area (Å²) in [6.45, 7) is 2.40. The lowest BCUT2D eigenvalue weighted by atomic mass is 9.39. The molecule has 21 heavy (non-hydrogen) atoms. The molecule has 1 aromatic carbocycles. The van der Waals surface area contributed by atoms with Crippen LogP contribution in [0.25, 0.3) is 0 Å². The number of hydrogen-bond acceptors (Lipinski definition) is 2. The van der Waals surface area contributed by atoms with Crippen LogP contribution in [0, 0.1) is 16.7 Å². The maximum absolute atomic E-state index is 12.6. The topological polar surface area (TPSA) is 26.3 Å². The highest BCUT2D eigenvalue weighted by atomic mass is 16.5. The van der Waals surface area contributed by atoms with Gasteiger partial charge in [-0.15, -0.1) is 0 Å². The lowest BCUT2D eigenvalue weighted by molar-refractivity contribution is -0.180. The van der Waals surface area contributed by atoms with Crippen molar-refractivity contribution in [2.45, 2.75) is 50.9 Å². The molecule has 0 amide bonds. The van der Waals surface area contributed by atoms with E-state index in [1.807, 2.05) is 0 Å². The fourth-order valence-electron chi connectivity index (χ4n) is 6.48. The SMILES string of the molecule is COC(=O)C12CC3C[C@](C)(C1)C[C@@](c1ccccc1)(C3)C2. The van der Waals surface area contributed by atoms with Gasteiger partial charge in [0.05, 0.1) is 12.5 Å². The monoisotopic (exact) mass is 284 g/mol. The van der Waals surface area contributed by atoms with Crippen LogP contribution in [-0.2, 0) is 14.9 Å². The maximum atomic E-state index is 12.6.